The van der Waals surface area contributed by atoms with E-state index in [0.29, 0.717) is 22.0 Å². The van der Waals surface area contributed by atoms with Crippen molar-refractivity contribution in [3.63, 3.8) is 0 Å². The lowest BCUT2D eigenvalue weighted by atomic mass is 10.1. The molecule has 0 saturated carbocycles. The Labute approximate surface area is 173 Å². The number of hydrogen-bond donors (Lipinski definition) is 0. The third kappa shape index (κ3) is 3.81. The molecule has 2 heterocycles. The van der Waals surface area contributed by atoms with Gasteiger partial charge in [-0.2, -0.15) is 13.2 Å². The number of pyridine rings is 1. The van der Waals surface area contributed by atoms with Gasteiger partial charge in [0.05, 0.1) is 16.9 Å². The standard InChI is InChI=1S/C21H12ClF3N4O/c22-15-10-11-26-17(12-15)19-18(20(30)13-4-2-1-3-5-13)27-28-29(19)16-8-6-14(7-9-16)21(23,24)25/h1-12H. The molecule has 0 radical (unpaired) electrons. The quantitative estimate of drug-likeness (QED) is 0.417. The molecule has 4 rings (SSSR count). The minimum absolute atomic E-state index is 0.0101. The fourth-order valence-corrected chi connectivity index (χ4v) is 3.06. The number of carbonyl (C=O) groups excluding carboxylic acids is 1. The number of ketones is 1. The Morgan fingerprint density at radius 1 is 0.967 bits per heavy atom. The van der Waals surface area contributed by atoms with Crippen molar-refractivity contribution in [2.45, 2.75) is 6.18 Å². The maximum atomic E-state index is 13.0. The van der Waals surface area contributed by atoms with Gasteiger partial charge in [-0.05, 0) is 36.4 Å². The first-order valence-electron chi connectivity index (χ1n) is 8.69. The van der Waals surface area contributed by atoms with Crippen molar-refractivity contribution in [2.75, 3.05) is 0 Å². The van der Waals surface area contributed by atoms with Gasteiger partial charge < -0.3 is 0 Å². The second-order valence-electron chi connectivity index (χ2n) is 6.30. The smallest absolute Gasteiger partial charge is 0.287 e. The molecule has 0 aliphatic rings. The first-order chi connectivity index (χ1) is 14.3. The summed E-state index contributed by atoms with van der Waals surface area (Å²) in [5.41, 5.74) is 0.433. The molecule has 9 heteroatoms. The summed E-state index contributed by atoms with van der Waals surface area (Å²) in [5, 5.41) is 8.39. The van der Waals surface area contributed by atoms with E-state index in [-0.39, 0.29) is 11.4 Å². The van der Waals surface area contributed by atoms with Crippen LogP contribution in [0, 0.1) is 0 Å². The van der Waals surface area contributed by atoms with Crippen LogP contribution in [0.2, 0.25) is 5.02 Å². The zero-order chi connectivity index (χ0) is 21.3. The van der Waals surface area contributed by atoms with Crippen LogP contribution in [-0.4, -0.2) is 25.8 Å². The highest BCUT2D eigenvalue weighted by atomic mass is 35.5. The van der Waals surface area contributed by atoms with Gasteiger partial charge in [0.15, 0.2) is 5.69 Å². The topological polar surface area (TPSA) is 60.7 Å². The molecule has 0 aliphatic heterocycles. The van der Waals surface area contributed by atoms with Crippen LogP contribution in [0.3, 0.4) is 0 Å². The molecule has 5 nitrogen and oxygen atoms in total. The molecule has 150 valence electrons. The third-order valence-electron chi connectivity index (χ3n) is 4.33. The Hall–Kier alpha value is -3.52. The molecule has 0 unspecified atom stereocenters. The fourth-order valence-electron chi connectivity index (χ4n) is 2.90. The van der Waals surface area contributed by atoms with E-state index in [1.165, 1.54) is 29.1 Å². The van der Waals surface area contributed by atoms with Crippen molar-refractivity contribution in [3.8, 4) is 17.1 Å². The maximum absolute atomic E-state index is 13.0. The number of aromatic nitrogens is 4. The Morgan fingerprint density at radius 3 is 2.30 bits per heavy atom. The lowest BCUT2D eigenvalue weighted by Gasteiger charge is -2.10. The van der Waals surface area contributed by atoms with Gasteiger partial charge in [0, 0.05) is 16.8 Å². The number of halogens is 4. The number of benzene rings is 2. The molecule has 0 N–H and O–H groups in total. The number of carbonyl (C=O) groups is 1. The van der Waals surface area contributed by atoms with Gasteiger partial charge in [0.1, 0.15) is 5.69 Å². The number of nitrogens with zero attached hydrogens (tertiary/aromatic N) is 4. The minimum Gasteiger partial charge on any atom is -0.287 e. The summed E-state index contributed by atoms with van der Waals surface area (Å²) in [6, 6.07) is 15.9. The molecule has 0 fully saturated rings. The van der Waals surface area contributed by atoms with Crippen LogP contribution < -0.4 is 0 Å². The van der Waals surface area contributed by atoms with Crippen LogP contribution in [0.5, 0.6) is 0 Å². The number of rotatable bonds is 4. The summed E-state index contributed by atoms with van der Waals surface area (Å²) < 4.78 is 40.0. The molecule has 0 saturated heterocycles. The minimum atomic E-state index is -4.47. The zero-order valence-electron chi connectivity index (χ0n) is 15.1. The summed E-state index contributed by atoms with van der Waals surface area (Å²) in [6.45, 7) is 0. The Kier molecular flexibility index (Phi) is 5.09. The van der Waals surface area contributed by atoms with Gasteiger partial charge in [0.2, 0.25) is 5.78 Å². The monoisotopic (exact) mass is 428 g/mol. The molecule has 0 spiro atoms. The second-order valence-corrected chi connectivity index (χ2v) is 6.73. The number of alkyl halides is 3. The van der Waals surface area contributed by atoms with Crippen molar-refractivity contribution in [1.29, 1.82) is 0 Å². The summed E-state index contributed by atoms with van der Waals surface area (Å²) in [4.78, 5) is 17.3. The van der Waals surface area contributed by atoms with E-state index in [1.807, 2.05) is 0 Å². The molecule has 30 heavy (non-hydrogen) atoms. The van der Waals surface area contributed by atoms with Crippen LogP contribution in [0.25, 0.3) is 17.1 Å². The average molecular weight is 429 g/mol. The zero-order valence-corrected chi connectivity index (χ0v) is 15.9. The van der Waals surface area contributed by atoms with Crippen LogP contribution in [-0.2, 0) is 6.18 Å². The predicted octanol–water partition coefficient (Wildman–Crippen LogP) is 5.23. The van der Waals surface area contributed by atoms with E-state index < -0.39 is 17.5 Å². The summed E-state index contributed by atoms with van der Waals surface area (Å²) >= 11 is 6.08. The Balaban J connectivity index is 1.88. The normalized spacial score (nSPS) is 11.5. The molecule has 2 aromatic heterocycles. The van der Waals surface area contributed by atoms with Crippen LogP contribution in [0.4, 0.5) is 13.2 Å². The van der Waals surface area contributed by atoms with Crippen molar-refractivity contribution in [3.05, 3.63) is 94.8 Å². The number of hydrogen-bond acceptors (Lipinski definition) is 4. The molecule has 0 aliphatic carbocycles. The lowest BCUT2D eigenvalue weighted by molar-refractivity contribution is -0.137. The largest absolute Gasteiger partial charge is 0.416 e. The van der Waals surface area contributed by atoms with Gasteiger partial charge >= 0.3 is 6.18 Å². The van der Waals surface area contributed by atoms with Crippen LogP contribution >= 0.6 is 11.6 Å². The van der Waals surface area contributed by atoms with E-state index in [4.69, 9.17) is 11.6 Å². The third-order valence-corrected chi connectivity index (χ3v) is 4.56. The molecule has 0 amide bonds. The highest BCUT2D eigenvalue weighted by Gasteiger charge is 2.30. The highest BCUT2D eigenvalue weighted by Crippen LogP contribution is 2.31. The first kappa shape index (κ1) is 19.8. The van der Waals surface area contributed by atoms with Crippen molar-refractivity contribution >= 4 is 17.4 Å². The van der Waals surface area contributed by atoms with E-state index in [9.17, 15) is 18.0 Å². The average Bonchev–Trinajstić information content (AvgIpc) is 3.18. The molecule has 0 bridgehead atoms. The van der Waals surface area contributed by atoms with E-state index in [0.717, 1.165) is 12.1 Å². The fraction of sp³-hybridized carbons (Fsp3) is 0.0476. The second kappa shape index (κ2) is 7.72. The van der Waals surface area contributed by atoms with Crippen molar-refractivity contribution < 1.29 is 18.0 Å². The van der Waals surface area contributed by atoms with Crippen LogP contribution in [0.15, 0.2) is 72.9 Å². The molecule has 0 atom stereocenters. The lowest BCUT2D eigenvalue weighted by Crippen LogP contribution is -2.07. The van der Waals surface area contributed by atoms with Gasteiger partial charge in [-0.1, -0.05) is 47.1 Å². The van der Waals surface area contributed by atoms with Crippen molar-refractivity contribution in [1.82, 2.24) is 20.0 Å². The summed E-state index contributed by atoms with van der Waals surface area (Å²) in [5.74, 6) is -0.398. The van der Waals surface area contributed by atoms with E-state index in [1.54, 1.807) is 36.4 Å². The summed E-state index contributed by atoms with van der Waals surface area (Å²) in [7, 11) is 0. The SMILES string of the molecule is O=C(c1ccccc1)c1nnn(-c2ccc(C(F)(F)F)cc2)c1-c1cc(Cl)ccn1. The van der Waals surface area contributed by atoms with Gasteiger partial charge in [-0.15, -0.1) is 5.10 Å². The van der Waals surface area contributed by atoms with Gasteiger partial charge in [-0.3, -0.25) is 9.78 Å². The Morgan fingerprint density at radius 2 is 1.67 bits per heavy atom. The highest BCUT2D eigenvalue weighted by molar-refractivity contribution is 6.30. The predicted molar refractivity (Wildman–Crippen MR) is 104 cm³/mol. The molecular weight excluding hydrogens is 417 g/mol. The Bertz CT molecular complexity index is 1210. The van der Waals surface area contributed by atoms with E-state index in [2.05, 4.69) is 15.3 Å². The molecule has 4 aromatic rings. The van der Waals surface area contributed by atoms with Crippen LogP contribution in [0.1, 0.15) is 21.6 Å². The summed E-state index contributed by atoms with van der Waals surface area (Å²) in [6.07, 6.45) is -3.01. The first-order valence-corrected chi connectivity index (χ1v) is 9.07. The van der Waals surface area contributed by atoms with Crippen molar-refractivity contribution in [2.24, 2.45) is 0 Å². The van der Waals surface area contributed by atoms with Gasteiger partial charge in [-0.25, -0.2) is 4.68 Å². The molecule has 2 aromatic carbocycles. The van der Waals surface area contributed by atoms with Gasteiger partial charge in [0.25, 0.3) is 0 Å². The molecular formula is C21H12ClF3N4O. The van der Waals surface area contributed by atoms with E-state index >= 15 is 0 Å². The maximum Gasteiger partial charge on any atom is 0.416 e.